The first-order valence-electron chi connectivity index (χ1n) is 13.7. The summed E-state index contributed by atoms with van der Waals surface area (Å²) in [4.78, 5) is 52.4. The molecule has 1 saturated carbocycles. The van der Waals surface area contributed by atoms with E-state index in [1.165, 1.54) is 17.7 Å². The van der Waals surface area contributed by atoms with Crippen LogP contribution in [0.25, 0.3) is 0 Å². The highest BCUT2D eigenvalue weighted by Crippen LogP contribution is 2.54. The molecule has 2 aromatic rings. The number of nitrogens with one attached hydrogen (secondary N) is 1. The summed E-state index contributed by atoms with van der Waals surface area (Å²) in [5.41, 5.74) is 2.62. The number of nitrogens with zero attached hydrogens (tertiary/aromatic N) is 5. The fourth-order valence-electron chi connectivity index (χ4n) is 5.85. The van der Waals surface area contributed by atoms with Gasteiger partial charge in [-0.2, -0.15) is 4.98 Å². The van der Waals surface area contributed by atoms with Gasteiger partial charge in [0.2, 0.25) is 17.8 Å². The maximum absolute atomic E-state index is 13.7. The van der Waals surface area contributed by atoms with E-state index >= 15 is 0 Å². The summed E-state index contributed by atoms with van der Waals surface area (Å²) in [5.74, 6) is -2.94. The fourth-order valence-corrected chi connectivity index (χ4v) is 5.85. The predicted octanol–water partition coefficient (Wildman–Crippen LogP) is 4.31. The monoisotopic (exact) mass is 538 g/mol. The molecular weight excluding hydrogens is 506 g/mol. The molecule has 39 heavy (non-hydrogen) atoms. The van der Waals surface area contributed by atoms with Crippen LogP contribution >= 0.6 is 0 Å². The lowest BCUT2D eigenvalue weighted by Crippen LogP contribution is -2.40. The molecule has 6 rings (SSSR count). The molecule has 4 heterocycles. The van der Waals surface area contributed by atoms with Crippen molar-refractivity contribution in [2.24, 2.45) is 5.41 Å². The number of halogens is 2. The van der Waals surface area contributed by atoms with Crippen molar-refractivity contribution in [1.29, 1.82) is 0 Å². The molecule has 3 amide bonds. The molecule has 1 aromatic carbocycles. The summed E-state index contributed by atoms with van der Waals surface area (Å²) < 4.78 is 27.3. The predicted molar refractivity (Wildman–Crippen MR) is 142 cm³/mol. The Morgan fingerprint density at radius 2 is 1.51 bits per heavy atom. The molecule has 4 fully saturated rings. The molecule has 1 aliphatic carbocycles. The van der Waals surface area contributed by atoms with Crippen molar-refractivity contribution in [3.8, 4) is 0 Å². The Bertz CT molecular complexity index is 1310. The Morgan fingerprint density at radius 1 is 0.872 bits per heavy atom. The summed E-state index contributed by atoms with van der Waals surface area (Å²) in [6.07, 6.45) is 4.43. The molecule has 0 unspecified atom stereocenters. The second-order valence-corrected chi connectivity index (χ2v) is 11.3. The number of amides is 3. The summed E-state index contributed by atoms with van der Waals surface area (Å²) >= 11 is 0. The number of imide groups is 1. The maximum atomic E-state index is 13.7. The molecule has 11 heteroatoms. The minimum atomic E-state index is -2.68. The van der Waals surface area contributed by atoms with Gasteiger partial charge in [0.05, 0.1) is 16.9 Å². The van der Waals surface area contributed by atoms with Gasteiger partial charge in [-0.3, -0.25) is 19.3 Å². The summed E-state index contributed by atoms with van der Waals surface area (Å²) in [5, 5.41) is 2.87. The quantitative estimate of drug-likeness (QED) is 0.567. The maximum Gasteiger partial charge on any atom is 0.258 e. The van der Waals surface area contributed by atoms with E-state index in [9.17, 15) is 23.2 Å². The van der Waals surface area contributed by atoms with Crippen LogP contribution in [-0.4, -0.2) is 59.8 Å². The Kier molecular flexibility index (Phi) is 6.27. The highest BCUT2D eigenvalue weighted by molar-refractivity contribution is 6.20. The summed E-state index contributed by atoms with van der Waals surface area (Å²) in [6.45, 7) is 3.63. The first kappa shape index (κ1) is 25.6. The standard InChI is InChI=1S/C28H32F2N6O3/c1-18-16-22(33-26(31-18)35-14-10-28(29,30)11-15-35)32-25(39)20-3-2-19(36-23(37)4-5-24(36)38)17-21(20)34-12-8-27(6-7-27)9-13-34/h2-3,16-17H,4-15H2,1H3,(H,31,32,33,39). The Balaban J connectivity index is 1.27. The smallest absolute Gasteiger partial charge is 0.258 e. The number of rotatable bonds is 5. The van der Waals surface area contributed by atoms with E-state index in [0.717, 1.165) is 25.9 Å². The molecule has 1 spiro atoms. The van der Waals surface area contributed by atoms with Crippen molar-refractivity contribution < 1.29 is 23.2 Å². The zero-order valence-corrected chi connectivity index (χ0v) is 22.0. The third kappa shape index (κ3) is 5.18. The van der Waals surface area contributed by atoms with Crippen LogP contribution in [0, 0.1) is 12.3 Å². The van der Waals surface area contributed by atoms with Gasteiger partial charge in [0.1, 0.15) is 5.82 Å². The van der Waals surface area contributed by atoms with Crippen molar-refractivity contribution in [1.82, 2.24) is 9.97 Å². The van der Waals surface area contributed by atoms with Crippen LogP contribution in [0.15, 0.2) is 24.3 Å². The van der Waals surface area contributed by atoms with E-state index in [1.807, 2.05) is 0 Å². The van der Waals surface area contributed by atoms with Crippen LogP contribution in [0.3, 0.4) is 0 Å². The second-order valence-electron chi connectivity index (χ2n) is 11.3. The number of piperidine rings is 2. The second kappa shape index (κ2) is 9.53. The zero-order chi connectivity index (χ0) is 27.4. The normalized spacial score (nSPS) is 22.0. The minimum absolute atomic E-state index is 0.139. The lowest BCUT2D eigenvalue weighted by molar-refractivity contribution is -0.121. The molecule has 9 nitrogen and oxygen atoms in total. The topological polar surface area (TPSA) is 98.7 Å². The SMILES string of the molecule is Cc1cc(NC(=O)c2ccc(N3C(=O)CCC3=O)cc2N2CCC3(CC2)CC3)nc(N2CCC(F)(F)CC2)n1. The number of aromatic nitrogens is 2. The molecule has 4 aliphatic rings. The zero-order valence-electron chi connectivity index (χ0n) is 22.0. The van der Waals surface area contributed by atoms with Crippen LogP contribution in [0.5, 0.6) is 0 Å². The Morgan fingerprint density at radius 3 is 2.15 bits per heavy atom. The van der Waals surface area contributed by atoms with E-state index in [4.69, 9.17) is 0 Å². The number of alkyl halides is 2. The van der Waals surface area contributed by atoms with E-state index in [-0.39, 0.29) is 62.3 Å². The lowest BCUT2D eigenvalue weighted by atomic mass is 9.93. The van der Waals surface area contributed by atoms with Gasteiger partial charge in [0, 0.05) is 63.6 Å². The molecule has 0 bridgehead atoms. The van der Waals surface area contributed by atoms with Crippen LogP contribution < -0.4 is 20.0 Å². The van der Waals surface area contributed by atoms with E-state index in [1.54, 1.807) is 36.1 Å². The lowest BCUT2D eigenvalue weighted by Gasteiger charge is -2.35. The summed E-state index contributed by atoms with van der Waals surface area (Å²) in [6, 6.07) is 6.71. The van der Waals surface area contributed by atoms with Crippen LogP contribution in [-0.2, 0) is 9.59 Å². The third-order valence-corrected chi connectivity index (χ3v) is 8.52. The number of carbonyl (C=O) groups excluding carboxylic acids is 3. The molecule has 1 aromatic heterocycles. The first-order chi connectivity index (χ1) is 18.6. The average molecular weight is 539 g/mol. The number of hydrogen-bond donors (Lipinski definition) is 1. The van der Waals surface area contributed by atoms with Gasteiger partial charge in [0.25, 0.3) is 11.8 Å². The average Bonchev–Trinajstić information content (AvgIpc) is 3.57. The van der Waals surface area contributed by atoms with Crippen molar-refractivity contribution in [2.75, 3.05) is 46.2 Å². The van der Waals surface area contributed by atoms with Gasteiger partial charge in [-0.25, -0.2) is 13.8 Å². The molecule has 3 saturated heterocycles. The molecular formula is C28H32F2N6O3. The van der Waals surface area contributed by atoms with Crippen molar-refractivity contribution in [2.45, 2.75) is 64.2 Å². The van der Waals surface area contributed by atoms with Gasteiger partial charge < -0.3 is 15.1 Å². The number of benzene rings is 1. The minimum Gasteiger partial charge on any atom is -0.371 e. The number of hydrogen-bond acceptors (Lipinski definition) is 7. The van der Waals surface area contributed by atoms with Crippen LogP contribution in [0.1, 0.15) is 67.4 Å². The van der Waals surface area contributed by atoms with Crippen molar-refractivity contribution in [3.05, 3.63) is 35.5 Å². The van der Waals surface area contributed by atoms with Gasteiger partial charge in [-0.05, 0) is 56.2 Å². The molecule has 3 aliphatic heterocycles. The van der Waals surface area contributed by atoms with E-state index in [0.29, 0.717) is 34.0 Å². The summed E-state index contributed by atoms with van der Waals surface area (Å²) in [7, 11) is 0. The van der Waals surface area contributed by atoms with Crippen LogP contribution in [0.4, 0.5) is 31.9 Å². The van der Waals surface area contributed by atoms with E-state index < -0.39 is 5.92 Å². The fraction of sp³-hybridized carbons (Fsp3) is 0.536. The number of carbonyl (C=O) groups is 3. The molecule has 206 valence electrons. The van der Waals surface area contributed by atoms with E-state index in [2.05, 4.69) is 20.2 Å². The van der Waals surface area contributed by atoms with Gasteiger partial charge in [0.15, 0.2) is 0 Å². The van der Waals surface area contributed by atoms with Crippen LogP contribution in [0.2, 0.25) is 0 Å². The largest absolute Gasteiger partial charge is 0.371 e. The third-order valence-electron chi connectivity index (χ3n) is 8.52. The molecule has 0 radical (unpaired) electrons. The Hall–Kier alpha value is -3.63. The van der Waals surface area contributed by atoms with Gasteiger partial charge in [-0.15, -0.1) is 0 Å². The number of aryl methyl sites for hydroxylation is 1. The number of anilines is 4. The first-order valence-corrected chi connectivity index (χ1v) is 13.7. The van der Waals surface area contributed by atoms with Gasteiger partial charge >= 0.3 is 0 Å². The molecule has 0 atom stereocenters. The highest BCUT2D eigenvalue weighted by atomic mass is 19.3. The van der Waals surface area contributed by atoms with Crippen molar-refractivity contribution in [3.63, 3.8) is 0 Å². The van der Waals surface area contributed by atoms with Crippen molar-refractivity contribution >= 4 is 40.9 Å². The molecule has 1 N–H and O–H groups in total. The van der Waals surface area contributed by atoms with Gasteiger partial charge in [-0.1, -0.05) is 0 Å². The Labute approximate surface area is 225 Å². The highest BCUT2D eigenvalue weighted by Gasteiger charge is 2.45.